The summed E-state index contributed by atoms with van der Waals surface area (Å²) in [7, 11) is 6.90. The van der Waals surface area contributed by atoms with Gasteiger partial charge in [0.15, 0.2) is 17.5 Å². The first kappa shape index (κ1) is 23.6. The Labute approximate surface area is 169 Å². The van der Waals surface area contributed by atoms with Crippen molar-refractivity contribution in [1.82, 2.24) is 10.2 Å². The molecule has 0 aliphatic heterocycles. The monoisotopic (exact) mass is 465 g/mol. The van der Waals surface area contributed by atoms with Crippen LogP contribution in [0.1, 0.15) is 32.3 Å². The van der Waals surface area contributed by atoms with Crippen LogP contribution in [0.15, 0.2) is 17.1 Å². The summed E-state index contributed by atoms with van der Waals surface area (Å²) in [5.41, 5.74) is 1.00. The minimum Gasteiger partial charge on any atom is -0.493 e. The van der Waals surface area contributed by atoms with Crippen LogP contribution in [0, 0.1) is 0 Å². The molecule has 0 fully saturated rings. The van der Waals surface area contributed by atoms with Crippen molar-refractivity contribution in [2.45, 2.75) is 33.2 Å². The molecule has 25 heavy (non-hydrogen) atoms. The number of hydrogen-bond acceptors (Lipinski definition) is 4. The Hall–Kier alpha value is -1.38. The largest absolute Gasteiger partial charge is 0.493 e. The highest BCUT2D eigenvalue weighted by Crippen LogP contribution is 2.38. The molecular weight excluding hydrogens is 433 g/mol. The maximum absolute atomic E-state index is 5.39. The molecule has 0 saturated heterocycles. The average Bonchev–Trinajstić information content (AvgIpc) is 2.61. The lowest BCUT2D eigenvalue weighted by Gasteiger charge is -2.22. The lowest BCUT2D eigenvalue weighted by Crippen LogP contribution is -2.39. The van der Waals surface area contributed by atoms with Crippen LogP contribution < -0.4 is 19.5 Å². The number of aliphatic imine (C=N–C) groups is 1. The maximum Gasteiger partial charge on any atom is 0.203 e. The van der Waals surface area contributed by atoms with Gasteiger partial charge in [-0.2, -0.15) is 0 Å². The molecule has 0 aliphatic rings. The number of methoxy groups -OCH3 is 3. The number of nitrogens with zero attached hydrogens (tertiary/aromatic N) is 2. The summed E-state index contributed by atoms with van der Waals surface area (Å²) in [5.74, 6) is 2.79. The number of nitrogens with one attached hydrogen (secondary N) is 1. The van der Waals surface area contributed by atoms with Gasteiger partial charge in [-0.25, -0.2) is 4.99 Å². The highest BCUT2D eigenvalue weighted by atomic mass is 127. The van der Waals surface area contributed by atoms with Crippen molar-refractivity contribution in [2.75, 3.05) is 41.5 Å². The zero-order valence-corrected chi connectivity index (χ0v) is 18.5. The zero-order valence-electron chi connectivity index (χ0n) is 16.2. The minimum atomic E-state index is 0. The van der Waals surface area contributed by atoms with E-state index in [9.17, 15) is 0 Å². The van der Waals surface area contributed by atoms with Crippen molar-refractivity contribution in [3.63, 3.8) is 0 Å². The smallest absolute Gasteiger partial charge is 0.203 e. The van der Waals surface area contributed by atoms with E-state index in [0.29, 0.717) is 23.8 Å². The van der Waals surface area contributed by atoms with Crippen LogP contribution in [-0.2, 0) is 6.54 Å². The second-order valence-corrected chi connectivity index (χ2v) is 5.48. The molecule has 0 radical (unpaired) electrons. The number of unbranched alkanes of at least 4 members (excludes halogenated alkanes) is 1. The van der Waals surface area contributed by atoms with Gasteiger partial charge in [0.2, 0.25) is 5.75 Å². The molecule has 6 nitrogen and oxygen atoms in total. The Morgan fingerprint density at radius 3 is 2.12 bits per heavy atom. The van der Waals surface area contributed by atoms with Crippen LogP contribution in [0.5, 0.6) is 17.2 Å². The normalized spacial score (nSPS) is 10.7. The molecule has 0 unspecified atom stereocenters. The Morgan fingerprint density at radius 2 is 1.68 bits per heavy atom. The Kier molecular flexibility index (Phi) is 12.2. The minimum absolute atomic E-state index is 0. The summed E-state index contributed by atoms with van der Waals surface area (Å²) in [6, 6.07) is 3.86. The van der Waals surface area contributed by atoms with Gasteiger partial charge in [0.25, 0.3) is 0 Å². The zero-order chi connectivity index (χ0) is 17.9. The molecule has 0 bridgehead atoms. The average molecular weight is 465 g/mol. The van der Waals surface area contributed by atoms with Gasteiger partial charge in [0.1, 0.15) is 0 Å². The van der Waals surface area contributed by atoms with Gasteiger partial charge in [-0.05, 0) is 31.0 Å². The molecule has 0 aliphatic carbocycles. The summed E-state index contributed by atoms with van der Waals surface area (Å²) in [4.78, 5) is 6.88. The third-order valence-corrected chi connectivity index (χ3v) is 3.68. The molecule has 0 amide bonds. The van der Waals surface area contributed by atoms with Crippen molar-refractivity contribution >= 4 is 29.9 Å². The van der Waals surface area contributed by atoms with Gasteiger partial charge < -0.3 is 24.4 Å². The van der Waals surface area contributed by atoms with Crippen LogP contribution in [0.25, 0.3) is 0 Å². The first-order valence-electron chi connectivity index (χ1n) is 8.39. The van der Waals surface area contributed by atoms with Crippen LogP contribution in [0.4, 0.5) is 0 Å². The lowest BCUT2D eigenvalue weighted by molar-refractivity contribution is 0.324. The van der Waals surface area contributed by atoms with E-state index >= 15 is 0 Å². The van der Waals surface area contributed by atoms with Gasteiger partial charge in [-0.3, -0.25) is 0 Å². The fourth-order valence-corrected chi connectivity index (χ4v) is 2.36. The molecule has 0 spiro atoms. The summed E-state index contributed by atoms with van der Waals surface area (Å²) in [6.45, 7) is 6.62. The Balaban J connectivity index is 0.00000576. The standard InChI is InChI=1S/C18H31N3O3.HI/c1-7-9-10-21(3)18(19-8-2)20-13-14-11-15(22-4)17(24-6)16(12-14)23-5;/h11-12H,7-10,13H2,1-6H3,(H,19,20);1H. The quantitative estimate of drug-likeness (QED) is 0.344. The molecule has 1 aromatic carbocycles. The molecule has 0 saturated carbocycles. The van der Waals surface area contributed by atoms with Crippen LogP contribution in [0.3, 0.4) is 0 Å². The van der Waals surface area contributed by atoms with E-state index < -0.39 is 0 Å². The highest BCUT2D eigenvalue weighted by Gasteiger charge is 2.13. The molecule has 0 aromatic heterocycles. The molecule has 0 heterocycles. The number of rotatable bonds is 9. The maximum atomic E-state index is 5.39. The molecule has 7 heteroatoms. The summed E-state index contributed by atoms with van der Waals surface area (Å²) in [6.07, 6.45) is 2.31. The highest BCUT2D eigenvalue weighted by molar-refractivity contribution is 14.0. The first-order chi connectivity index (χ1) is 11.6. The predicted molar refractivity (Wildman–Crippen MR) is 114 cm³/mol. The molecule has 1 rings (SSSR count). The second kappa shape index (κ2) is 12.9. The second-order valence-electron chi connectivity index (χ2n) is 5.48. The topological polar surface area (TPSA) is 55.3 Å². The lowest BCUT2D eigenvalue weighted by atomic mass is 10.2. The van der Waals surface area contributed by atoms with E-state index in [0.717, 1.165) is 37.5 Å². The first-order valence-corrected chi connectivity index (χ1v) is 8.39. The Morgan fingerprint density at radius 1 is 1.08 bits per heavy atom. The number of hydrogen-bond donors (Lipinski definition) is 1. The SMILES string of the molecule is CCCCN(C)C(=NCc1cc(OC)c(OC)c(OC)c1)NCC.I. The molecule has 1 N–H and O–H groups in total. The van der Waals surface area contributed by atoms with Gasteiger partial charge in [-0.15, -0.1) is 24.0 Å². The summed E-state index contributed by atoms with van der Waals surface area (Å²) >= 11 is 0. The third kappa shape index (κ3) is 7.17. The fourth-order valence-electron chi connectivity index (χ4n) is 2.36. The van der Waals surface area contributed by atoms with Crippen molar-refractivity contribution in [3.05, 3.63) is 17.7 Å². The van der Waals surface area contributed by atoms with E-state index in [1.165, 1.54) is 0 Å². The Bertz CT molecular complexity index is 513. The number of benzene rings is 1. The van der Waals surface area contributed by atoms with Crippen molar-refractivity contribution in [2.24, 2.45) is 4.99 Å². The van der Waals surface area contributed by atoms with Gasteiger partial charge in [0, 0.05) is 20.1 Å². The summed E-state index contributed by atoms with van der Waals surface area (Å²) < 4.78 is 16.1. The summed E-state index contributed by atoms with van der Waals surface area (Å²) in [5, 5.41) is 3.33. The number of guanidine groups is 1. The number of halogens is 1. The van der Waals surface area contributed by atoms with E-state index in [4.69, 9.17) is 19.2 Å². The van der Waals surface area contributed by atoms with Crippen molar-refractivity contribution in [1.29, 1.82) is 0 Å². The van der Waals surface area contributed by atoms with Crippen molar-refractivity contribution < 1.29 is 14.2 Å². The van der Waals surface area contributed by atoms with Gasteiger partial charge in [-0.1, -0.05) is 13.3 Å². The number of ether oxygens (including phenoxy) is 3. The van der Waals surface area contributed by atoms with Crippen LogP contribution in [0.2, 0.25) is 0 Å². The van der Waals surface area contributed by atoms with Gasteiger partial charge >= 0.3 is 0 Å². The molecule has 144 valence electrons. The van der Waals surface area contributed by atoms with E-state index in [2.05, 4.69) is 31.1 Å². The van der Waals surface area contributed by atoms with E-state index in [-0.39, 0.29) is 24.0 Å². The van der Waals surface area contributed by atoms with E-state index in [1.807, 2.05) is 12.1 Å². The van der Waals surface area contributed by atoms with Crippen LogP contribution in [-0.4, -0.2) is 52.3 Å². The molecule has 0 atom stereocenters. The molecular formula is C18H32IN3O3. The third-order valence-electron chi connectivity index (χ3n) is 3.68. The predicted octanol–water partition coefficient (Wildman–Crippen LogP) is 3.53. The molecule has 1 aromatic rings. The van der Waals surface area contributed by atoms with Crippen LogP contribution >= 0.6 is 24.0 Å². The van der Waals surface area contributed by atoms with E-state index in [1.54, 1.807) is 21.3 Å². The van der Waals surface area contributed by atoms with Gasteiger partial charge in [0.05, 0.1) is 27.9 Å². The van der Waals surface area contributed by atoms with Crippen molar-refractivity contribution in [3.8, 4) is 17.2 Å². The fraction of sp³-hybridized carbons (Fsp3) is 0.611.